The van der Waals surface area contributed by atoms with Crippen LogP contribution in [0.1, 0.15) is 11.1 Å². The van der Waals surface area contributed by atoms with Crippen molar-refractivity contribution in [2.24, 2.45) is 0 Å². The van der Waals surface area contributed by atoms with Crippen LogP contribution in [0.15, 0.2) is 0 Å². The van der Waals surface area contributed by atoms with Gasteiger partial charge in [-0.25, -0.2) is 0 Å². The molecule has 6 heteroatoms. The lowest BCUT2D eigenvalue weighted by Crippen LogP contribution is -1.91. The first-order valence-corrected chi connectivity index (χ1v) is 5.42. The maximum Gasteiger partial charge on any atom is 0.102 e. The summed E-state index contributed by atoms with van der Waals surface area (Å²) < 4.78 is 0.462. The molecule has 0 atom stereocenters. The Bertz CT molecular complexity index is 444. The molecule has 0 radical (unpaired) electrons. The second kappa shape index (κ2) is 4.55. The van der Waals surface area contributed by atoms with E-state index in [1.165, 1.54) is 0 Å². The van der Waals surface area contributed by atoms with E-state index in [0.717, 1.165) is 0 Å². The quantitative estimate of drug-likeness (QED) is 0.400. The molecule has 0 saturated heterocycles. The zero-order valence-electron chi connectivity index (χ0n) is 6.41. The summed E-state index contributed by atoms with van der Waals surface area (Å²) in [5, 5.41) is 17.9. The summed E-state index contributed by atoms with van der Waals surface area (Å²) in [5.41, 5.74) is 0.164. The van der Waals surface area contributed by atoms with Crippen LogP contribution in [-0.4, -0.2) is 0 Å². The van der Waals surface area contributed by atoms with Gasteiger partial charge >= 0.3 is 0 Å². The van der Waals surface area contributed by atoms with Gasteiger partial charge in [-0.05, 0) is 22.6 Å². The summed E-state index contributed by atoms with van der Waals surface area (Å²) in [7, 11) is 0. The zero-order valence-corrected chi connectivity index (χ0v) is 10.8. The first-order chi connectivity index (χ1) is 6.54. The molecule has 1 aromatic carbocycles. The van der Waals surface area contributed by atoms with Gasteiger partial charge in [0.15, 0.2) is 0 Å². The highest BCUT2D eigenvalue weighted by atomic mass is 127. The van der Waals surface area contributed by atoms with Gasteiger partial charge in [-0.2, -0.15) is 10.5 Å². The van der Waals surface area contributed by atoms with E-state index in [1.807, 2.05) is 34.7 Å². The maximum atomic E-state index is 8.76. The number of halogens is 4. The summed E-state index contributed by atoms with van der Waals surface area (Å²) in [5.74, 6) is 0. The lowest BCUT2D eigenvalue weighted by atomic mass is 10.1. The minimum Gasteiger partial charge on any atom is -0.192 e. The fraction of sp³-hybridized carbons (Fsp3) is 0. The molecule has 0 N–H and O–H groups in total. The van der Waals surface area contributed by atoms with Crippen molar-refractivity contribution in [2.45, 2.75) is 0 Å². The van der Waals surface area contributed by atoms with E-state index in [1.54, 1.807) is 0 Å². The number of nitrogens with zero attached hydrogens (tertiary/aromatic N) is 2. The molecule has 70 valence electrons. The van der Waals surface area contributed by atoms with E-state index in [2.05, 4.69) is 0 Å². The molecule has 0 aliphatic carbocycles. The number of hydrogen-bond acceptors (Lipinski definition) is 2. The van der Waals surface area contributed by atoms with Crippen LogP contribution in [0, 0.1) is 26.2 Å². The van der Waals surface area contributed by atoms with Gasteiger partial charge in [-0.1, -0.05) is 34.8 Å². The Labute approximate surface area is 109 Å². The molecule has 1 rings (SSSR count). The van der Waals surface area contributed by atoms with Gasteiger partial charge in [0.2, 0.25) is 0 Å². The van der Waals surface area contributed by atoms with Crippen molar-refractivity contribution in [1.29, 1.82) is 10.5 Å². The van der Waals surface area contributed by atoms with Gasteiger partial charge in [-0.3, -0.25) is 0 Å². The molecule has 0 spiro atoms. The van der Waals surface area contributed by atoms with Crippen molar-refractivity contribution in [1.82, 2.24) is 0 Å². The van der Waals surface area contributed by atoms with Crippen molar-refractivity contribution in [3.8, 4) is 12.1 Å². The molecule has 0 aliphatic rings. The molecule has 0 saturated carbocycles. The van der Waals surface area contributed by atoms with Crippen LogP contribution < -0.4 is 0 Å². The predicted octanol–water partition coefficient (Wildman–Crippen LogP) is 3.99. The van der Waals surface area contributed by atoms with Gasteiger partial charge in [0.1, 0.15) is 12.1 Å². The standard InChI is InChI=1S/C8Cl3IN2/c9-5-3(1-13)6(10)8(12)7(11)4(5)2-14. The Kier molecular flexibility index (Phi) is 3.86. The lowest BCUT2D eigenvalue weighted by molar-refractivity contribution is 1.43. The van der Waals surface area contributed by atoms with Crippen molar-refractivity contribution in [3.05, 3.63) is 29.8 Å². The van der Waals surface area contributed by atoms with E-state index in [9.17, 15) is 0 Å². The molecule has 0 amide bonds. The fourth-order valence-electron chi connectivity index (χ4n) is 0.830. The molecule has 0 unspecified atom stereocenters. The van der Waals surface area contributed by atoms with Crippen LogP contribution >= 0.6 is 57.4 Å². The number of nitriles is 2. The maximum absolute atomic E-state index is 8.76. The molecule has 0 aliphatic heterocycles. The number of rotatable bonds is 0. The molecule has 14 heavy (non-hydrogen) atoms. The van der Waals surface area contributed by atoms with Crippen molar-refractivity contribution in [2.75, 3.05) is 0 Å². The monoisotopic (exact) mass is 356 g/mol. The molecular formula is C8Cl3IN2. The SMILES string of the molecule is N#Cc1c(Cl)c(I)c(Cl)c(C#N)c1Cl. The van der Waals surface area contributed by atoms with E-state index in [0.29, 0.717) is 3.57 Å². The highest BCUT2D eigenvalue weighted by Crippen LogP contribution is 2.37. The fourth-order valence-corrected chi connectivity index (χ4v) is 2.25. The van der Waals surface area contributed by atoms with Crippen LogP contribution in [0.2, 0.25) is 15.1 Å². The highest BCUT2D eigenvalue weighted by Gasteiger charge is 2.19. The van der Waals surface area contributed by atoms with Gasteiger partial charge in [0.25, 0.3) is 0 Å². The zero-order chi connectivity index (χ0) is 10.9. The van der Waals surface area contributed by atoms with Crippen LogP contribution in [0.5, 0.6) is 0 Å². The summed E-state index contributed by atoms with van der Waals surface area (Å²) in [6.07, 6.45) is 0. The molecule has 0 bridgehead atoms. The van der Waals surface area contributed by atoms with Gasteiger partial charge < -0.3 is 0 Å². The van der Waals surface area contributed by atoms with Gasteiger partial charge in [-0.15, -0.1) is 0 Å². The Morgan fingerprint density at radius 3 is 1.50 bits per heavy atom. The first-order valence-electron chi connectivity index (χ1n) is 3.20. The summed E-state index contributed by atoms with van der Waals surface area (Å²) in [6, 6.07) is 3.66. The van der Waals surface area contributed by atoms with Crippen LogP contribution in [0.3, 0.4) is 0 Å². The largest absolute Gasteiger partial charge is 0.192 e. The third kappa shape index (κ3) is 1.78. The molecule has 1 aromatic rings. The second-order valence-corrected chi connectivity index (χ2v) is 4.44. The van der Waals surface area contributed by atoms with E-state index in [4.69, 9.17) is 45.3 Å². The van der Waals surface area contributed by atoms with E-state index >= 15 is 0 Å². The minimum absolute atomic E-state index is 0.00501. The van der Waals surface area contributed by atoms with Crippen molar-refractivity contribution in [3.63, 3.8) is 0 Å². The molecule has 0 heterocycles. The number of benzene rings is 1. The highest BCUT2D eigenvalue weighted by molar-refractivity contribution is 14.1. The first kappa shape index (κ1) is 11.9. The van der Waals surface area contributed by atoms with Crippen molar-refractivity contribution < 1.29 is 0 Å². The normalized spacial score (nSPS) is 9.29. The Hall–Kier alpha value is -0.200. The summed E-state index contributed by atoms with van der Waals surface area (Å²) in [6.45, 7) is 0. The van der Waals surface area contributed by atoms with E-state index in [-0.39, 0.29) is 26.2 Å². The average molecular weight is 357 g/mol. The minimum atomic E-state index is 0.00501. The van der Waals surface area contributed by atoms with Crippen LogP contribution in [-0.2, 0) is 0 Å². The van der Waals surface area contributed by atoms with Gasteiger partial charge in [0.05, 0.1) is 29.8 Å². The average Bonchev–Trinajstić information content (AvgIpc) is 2.16. The molecule has 0 aromatic heterocycles. The van der Waals surface area contributed by atoms with Crippen LogP contribution in [0.4, 0.5) is 0 Å². The molecule has 0 fully saturated rings. The lowest BCUT2D eigenvalue weighted by Gasteiger charge is -2.06. The Morgan fingerprint density at radius 2 is 1.21 bits per heavy atom. The second-order valence-electron chi connectivity index (χ2n) is 2.23. The third-order valence-electron chi connectivity index (χ3n) is 1.49. The third-order valence-corrected chi connectivity index (χ3v) is 4.34. The van der Waals surface area contributed by atoms with E-state index < -0.39 is 0 Å². The number of hydrogen-bond donors (Lipinski definition) is 0. The summed E-state index contributed by atoms with van der Waals surface area (Å²) >= 11 is 19.3. The molecule has 2 nitrogen and oxygen atoms in total. The Morgan fingerprint density at radius 1 is 0.857 bits per heavy atom. The van der Waals surface area contributed by atoms with Crippen molar-refractivity contribution >= 4 is 57.4 Å². The summed E-state index contributed by atoms with van der Waals surface area (Å²) in [4.78, 5) is 0. The molecular weight excluding hydrogens is 357 g/mol. The predicted molar refractivity (Wildman–Crippen MR) is 63.6 cm³/mol. The van der Waals surface area contributed by atoms with Crippen LogP contribution in [0.25, 0.3) is 0 Å². The van der Waals surface area contributed by atoms with Gasteiger partial charge in [0, 0.05) is 0 Å². The Balaban J connectivity index is 3.78. The topological polar surface area (TPSA) is 47.6 Å². The smallest absolute Gasteiger partial charge is 0.102 e.